The molecule has 0 spiro atoms. The Morgan fingerprint density at radius 3 is 2.52 bits per heavy atom. The largest absolute Gasteiger partial charge is 0.350 e. The van der Waals surface area contributed by atoms with Crippen molar-refractivity contribution in [3.63, 3.8) is 0 Å². The highest BCUT2D eigenvalue weighted by Crippen LogP contribution is 2.19. The third-order valence-electron chi connectivity index (χ3n) is 4.34. The smallest absolute Gasteiger partial charge is 0.275 e. The molecule has 3 aromatic rings. The number of carbonyl (C=O) groups excluding carboxylic acids is 1. The van der Waals surface area contributed by atoms with E-state index in [2.05, 4.69) is 10.4 Å². The third-order valence-corrected chi connectivity index (χ3v) is 4.66. The minimum Gasteiger partial charge on any atom is -0.350 e. The van der Waals surface area contributed by atoms with Crippen molar-refractivity contribution in [3.8, 4) is 5.69 Å². The molecular weight excluding hydrogens is 362 g/mol. The van der Waals surface area contributed by atoms with E-state index in [0.29, 0.717) is 22.9 Å². The van der Waals surface area contributed by atoms with Crippen molar-refractivity contribution in [3.05, 3.63) is 92.9 Å². The highest BCUT2D eigenvalue weighted by atomic mass is 35.5. The van der Waals surface area contributed by atoms with E-state index in [9.17, 15) is 9.59 Å². The molecule has 0 saturated heterocycles. The first-order valence-electron chi connectivity index (χ1n) is 8.66. The second-order valence-electron chi connectivity index (χ2n) is 6.38. The van der Waals surface area contributed by atoms with Crippen LogP contribution in [0.15, 0.2) is 65.5 Å². The summed E-state index contributed by atoms with van der Waals surface area (Å²) in [5, 5.41) is 7.55. The molecule has 2 aromatic carbocycles. The Kier molecular flexibility index (Phi) is 5.72. The van der Waals surface area contributed by atoms with E-state index < -0.39 is 11.3 Å². The number of nitrogens with one attached hydrogen (secondary N) is 1. The van der Waals surface area contributed by atoms with Gasteiger partial charge in [0.2, 0.25) is 5.43 Å². The Morgan fingerprint density at radius 1 is 1.15 bits per heavy atom. The Bertz CT molecular complexity index is 1020. The van der Waals surface area contributed by atoms with E-state index in [1.807, 2.05) is 49.4 Å². The van der Waals surface area contributed by atoms with Gasteiger partial charge in [-0.25, -0.2) is 4.68 Å². The number of carbonyl (C=O) groups is 1. The number of rotatable bonds is 5. The van der Waals surface area contributed by atoms with Gasteiger partial charge < -0.3 is 5.32 Å². The Labute approximate surface area is 162 Å². The van der Waals surface area contributed by atoms with Crippen LogP contribution in [-0.4, -0.2) is 22.2 Å². The van der Waals surface area contributed by atoms with Crippen LogP contribution in [0.1, 0.15) is 34.6 Å². The van der Waals surface area contributed by atoms with E-state index in [1.54, 1.807) is 19.1 Å². The summed E-state index contributed by atoms with van der Waals surface area (Å²) in [5.74, 6) is -0.380. The van der Waals surface area contributed by atoms with E-state index in [-0.39, 0.29) is 11.6 Å². The van der Waals surface area contributed by atoms with Crippen LogP contribution in [-0.2, 0) is 0 Å². The molecule has 5 nitrogen and oxygen atoms in total. The third kappa shape index (κ3) is 4.26. The van der Waals surface area contributed by atoms with Crippen LogP contribution in [0.5, 0.6) is 0 Å². The highest BCUT2D eigenvalue weighted by Gasteiger charge is 2.17. The molecule has 1 amide bonds. The zero-order valence-electron chi connectivity index (χ0n) is 15.1. The van der Waals surface area contributed by atoms with E-state index in [4.69, 9.17) is 11.6 Å². The lowest BCUT2D eigenvalue weighted by Crippen LogP contribution is -2.34. The van der Waals surface area contributed by atoms with Crippen LogP contribution in [0.3, 0.4) is 0 Å². The van der Waals surface area contributed by atoms with Gasteiger partial charge in [-0.15, -0.1) is 0 Å². The first-order chi connectivity index (χ1) is 13.0. The molecule has 6 heteroatoms. The lowest BCUT2D eigenvalue weighted by atomic mass is 10.0. The number of hydrogen-bond acceptors (Lipinski definition) is 3. The fraction of sp³-hybridized carbons (Fsp3) is 0.190. The SMILES string of the molecule is Cc1cc(=O)c(C(=O)NC[C@@H](C)c2ccccc2)nn1-c1ccccc1Cl. The fourth-order valence-corrected chi connectivity index (χ4v) is 3.02. The van der Waals surface area contributed by atoms with Gasteiger partial charge in [0.1, 0.15) is 0 Å². The van der Waals surface area contributed by atoms with Crippen LogP contribution in [0, 0.1) is 6.92 Å². The normalized spacial score (nSPS) is 11.8. The minimum atomic E-state index is -0.497. The summed E-state index contributed by atoms with van der Waals surface area (Å²) in [7, 11) is 0. The van der Waals surface area contributed by atoms with Gasteiger partial charge >= 0.3 is 0 Å². The summed E-state index contributed by atoms with van der Waals surface area (Å²) in [6, 6.07) is 18.4. The van der Waals surface area contributed by atoms with Crippen LogP contribution < -0.4 is 10.7 Å². The van der Waals surface area contributed by atoms with Gasteiger partial charge in [-0.05, 0) is 30.5 Å². The van der Waals surface area contributed by atoms with Crippen LogP contribution in [0.2, 0.25) is 5.02 Å². The van der Waals surface area contributed by atoms with Crippen molar-refractivity contribution in [2.24, 2.45) is 0 Å². The van der Waals surface area contributed by atoms with Crippen molar-refractivity contribution < 1.29 is 4.79 Å². The van der Waals surface area contributed by atoms with E-state index in [1.165, 1.54) is 10.7 Å². The van der Waals surface area contributed by atoms with Gasteiger partial charge in [0.05, 0.1) is 10.7 Å². The van der Waals surface area contributed by atoms with Gasteiger partial charge in [0.15, 0.2) is 5.69 Å². The van der Waals surface area contributed by atoms with Crippen molar-refractivity contribution >= 4 is 17.5 Å². The molecule has 0 aliphatic rings. The van der Waals surface area contributed by atoms with E-state index in [0.717, 1.165) is 5.56 Å². The first kappa shape index (κ1) is 18.9. The monoisotopic (exact) mass is 381 g/mol. The molecule has 0 radical (unpaired) electrons. The first-order valence-corrected chi connectivity index (χ1v) is 9.04. The van der Waals surface area contributed by atoms with Crippen molar-refractivity contribution in [2.75, 3.05) is 6.54 Å². The number of nitrogens with zero attached hydrogens (tertiary/aromatic N) is 2. The maximum atomic E-state index is 12.6. The molecule has 0 bridgehead atoms. The second kappa shape index (κ2) is 8.18. The number of amides is 1. The lowest BCUT2D eigenvalue weighted by Gasteiger charge is -2.14. The Hall–Kier alpha value is -2.92. The zero-order valence-corrected chi connectivity index (χ0v) is 15.9. The predicted octanol–water partition coefficient (Wildman–Crippen LogP) is 3.73. The predicted molar refractivity (Wildman–Crippen MR) is 107 cm³/mol. The van der Waals surface area contributed by atoms with Crippen molar-refractivity contribution in [2.45, 2.75) is 19.8 Å². The number of benzene rings is 2. The van der Waals surface area contributed by atoms with Crippen LogP contribution in [0.25, 0.3) is 5.69 Å². The molecule has 1 N–H and O–H groups in total. The average Bonchev–Trinajstić information content (AvgIpc) is 2.67. The highest BCUT2D eigenvalue weighted by molar-refractivity contribution is 6.32. The maximum absolute atomic E-state index is 12.6. The Balaban J connectivity index is 1.84. The van der Waals surface area contributed by atoms with Gasteiger partial charge in [-0.2, -0.15) is 5.10 Å². The molecule has 3 rings (SSSR count). The van der Waals surface area contributed by atoms with Crippen LogP contribution in [0.4, 0.5) is 0 Å². The van der Waals surface area contributed by atoms with Gasteiger partial charge in [0.25, 0.3) is 5.91 Å². The molecule has 0 saturated carbocycles. The molecular formula is C21H20ClN3O2. The molecule has 0 aliphatic heterocycles. The standard InChI is InChI=1S/C21H20ClN3O2/c1-14(16-8-4-3-5-9-16)13-23-21(27)20-19(26)12-15(2)25(24-20)18-11-7-6-10-17(18)22/h3-12,14H,13H2,1-2H3,(H,23,27)/t14-/m1/s1. The quantitative estimate of drug-likeness (QED) is 0.732. The average molecular weight is 382 g/mol. The second-order valence-corrected chi connectivity index (χ2v) is 6.79. The minimum absolute atomic E-state index is 0.117. The Morgan fingerprint density at radius 2 is 1.81 bits per heavy atom. The molecule has 0 fully saturated rings. The molecule has 138 valence electrons. The van der Waals surface area contributed by atoms with Crippen LogP contribution >= 0.6 is 11.6 Å². The molecule has 1 heterocycles. The lowest BCUT2D eigenvalue weighted by molar-refractivity contribution is 0.0943. The van der Waals surface area contributed by atoms with Gasteiger partial charge in [-0.1, -0.05) is 61.0 Å². The van der Waals surface area contributed by atoms with E-state index >= 15 is 0 Å². The zero-order chi connectivity index (χ0) is 19.4. The molecule has 27 heavy (non-hydrogen) atoms. The summed E-state index contributed by atoms with van der Waals surface area (Å²) in [6.45, 7) is 4.17. The topological polar surface area (TPSA) is 64.0 Å². The number of aromatic nitrogens is 2. The number of hydrogen-bond donors (Lipinski definition) is 1. The fourth-order valence-electron chi connectivity index (χ4n) is 2.80. The summed E-state index contributed by atoms with van der Waals surface area (Å²) >= 11 is 6.23. The molecule has 1 aromatic heterocycles. The summed E-state index contributed by atoms with van der Waals surface area (Å²) in [6.07, 6.45) is 0. The molecule has 0 aliphatic carbocycles. The molecule has 0 unspecified atom stereocenters. The summed E-state index contributed by atoms with van der Waals surface area (Å²) in [5.41, 5.74) is 1.76. The number of aryl methyl sites for hydroxylation is 1. The van der Waals surface area contributed by atoms with Gasteiger partial charge in [0, 0.05) is 18.3 Å². The van der Waals surface area contributed by atoms with Crippen molar-refractivity contribution in [1.29, 1.82) is 0 Å². The van der Waals surface area contributed by atoms with Crippen molar-refractivity contribution in [1.82, 2.24) is 15.1 Å². The summed E-state index contributed by atoms with van der Waals surface area (Å²) in [4.78, 5) is 24.9. The summed E-state index contributed by atoms with van der Waals surface area (Å²) < 4.78 is 1.51. The molecule has 1 atom stereocenters. The maximum Gasteiger partial charge on any atom is 0.275 e. The number of para-hydroxylation sites is 1. The van der Waals surface area contributed by atoms with Gasteiger partial charge in [-0.3, -0.25) is 9.59 Å². The number of halogens is 1.